The predicted molar refractivity (Wildman–Crippen MR) is 127 cm³/mol. The third-order valence-corrected chi connectivity index (χ3v) is 5.94. The number of likely N-dealkylation sites (N-methyl/N-ethyl adjacent to an activating group) is 1. The van der Waals surface area contributed by atoms with Gasteiger partial charge in [-0.15, -0.1) is 0 Å². The summed E-state index contributed by atoms with van der Waals surface area (Å²) < 4.78 is 1.60. The van der Waals surface area contributed by atoms with Crippen LogP contribution < -0.4 is 16.0 Å². The summed E-state index contributed by atoms with van der Waals surface area (Å²) in [6.45, 7) is 2.41. The van der Waals surface area contributed by atoms with Gasteiger partial charge in [-0.1, -0.05) is 0 Å². The highest BCUT2D eigenvalue weighted by atomic mass is 16.3. The number of rotatable bonds is 6. The average molecular weight is 476 g/mol. The molecular weight excluding hydrogens is 450 g/mol. The van der Waals surface area contributed by atoms with Gasteiger partial charge in [-0.2, -0.15) is 0 Å². The van der Waals surface area contributed by atoms with Crippen molar-refractivity contribution in [1.82, 2.24) is 40.1 Å². The number of aryl methyl sites for hydroxylation is 1. The van der Waals surface area contributed by atoms with E-state index in [0.29, 0.717) is 34.9 Å². The standard InChI is InChI=1S/C23H25N9O3/c1-12-5-7-26-14(8-12)10-27-20-16-21(31-19(30-20)13-4-3-6-25-9-13)32(11-28-16)22-18(34)17(33)15(29-22)23(35)24-2/h3-9,11,15,17-18,22,29,33-34H,10H2,1-2H3,(H,24,35)(H,27,30,31)/t15-,17+,18+,22-/m0/s1. The molecule has 4 atom stereocenters. The molecule has 35 heavy (non-hydrogen) atoms. The second-order valence-corrected chi connectivity index (χ2v) is 8.32. The predicted octanol–water partition coefficient (Wildman–Crippen LogP) is 0.142. The Kier molecular flexibility index (Phi) is 6.07. The van der Waals surface area contributed by atoms with E-state index in [-0.39, 0.29) is 0 Å². The van der Waals surface area contributed by atoms with Crippen molar-refractivity contribution < 1.29 is 15.0 Å². The Hall–Kier alpha value is -4.00. The van der Waals surface area contributed by atoms with Gasteiger partial charge in [0.15, 0.2) is 22.8 Å². The summed E-state index contributed by atoms with van der Waals surface area (Å²) in [5, 5.41) is 29.9. The second-order valence-electron chi connectivity index (χ2n) is 8.32. The summed E-state index contributed by atoms with van der Waals surface area (Å²) in [5.74, 6) is 0.455. The Bertz CT molecular complexity index is 1360. The molecule has 0 radical (unpaired) electrons. The van der Waals surface area contributed by atoms with Crippen LogP contribution in [0.3, 0.4) is 0 Å². The minimum absolute atomic E-state index is 0.405. The van der Waals surface area contributed by atoms with Crippen LogP contribution in [0.5, 0.6) is 0 Å². The van der Waals surface area contributed by atoms with E-state index < -0.39 is 30.3 Å². The summed E-state index contributed by atoms with van der Waals surface area (Å²) >= 11 is 0. The first kappa shape index (κ1) is 22.8. The molecule has 12 heteroatoms. The number of pyridine rings is 2. The molecule has 0 spiro atoms. The smallest absolute Gasteiger partial charge is 0.239 e. The molecule has 5 rings (SSSR count). The number of amides is 1. The summed E-state index contributed by atoms with van der Waals surface area (Å²) in [6, 6.07) is 6.55. The highest BCUT2D eigenvalue weighted by molar-refractivity contribution is 5.85. The van der Waals surface area contributed by atoms with Gasteiger partial charge in [0.1, 0.15) is 24.4 Å². The molecule has 4 aromatic heterocycles. The zero-order chi connectivity index (χ0) is 24.5. The van der Waals surface area contributed by atoms with Crippen LogP contribution in [-0.2, 0) is 11.3 Å². The van der Waals surface area contributed by atoms with Gasteiger partial charge in [0.2, 0.25) is 5.91 Å². The van der Waals surface area contributed by atoms with E-state index >= 15 is 0 Å². The number of hydrogen-bond acceptors (Lipinski definition) is 10. The van der Waals surface area contributed by atoms with Crippen LogP contribution in [0.1, 0.15) is 17.4 Å². The molecule has 12 nitrogen and oxygen atoms in total. The molecule has 1 aliphatic heterocycles. The van der Waals surface area contributed by atoms with E-state index in [1.807, 2.05) is 25.1 Å². The highest BCUT2D eigenvalue weighted by Crippen LogP contribution is 2.30. The number of anilines is 1. The van der Waals surface area contributed by atoms with E-state index in [1.54, 1.807) is 29.2 Å². The number of carbonyl (C=O) groups excluding carboxylic acids is 1. The summed E-state index contributed by atoms with van der Waals surface area (Å²) in [5.41, 5.74) is 3.51. The number of hydrogen-bond donors (Lipinski definition) is 5. The summed E-state index contributed by atoms with van der Waals surface area (Å²) in [4.78, 5) is 34.6. The van der Waals surface area contributed by atoms with Gasteiger partial charge >= 0.3 is 0 Å². The third kappa shape index (κ3) is 4.30. The van der Waals surface area contributed by atoms with Crippen molar-refractivity contribution in [3.63, 3.8) is 0 Å². The van der Waals surface area contributed by atoms with E-state index in [2.05, 4.69) is 40.9 Å². The highest BCUT2D eigenvalue weighted by Gasteiger charge is 2.45. The maximum Gasteiger partial charge on any atom is 0.239 e. The maximum atomic E-state index is 12.2. The molecule has 5 heterocycles. The van der Waals surface area contributed by atoms with E-state index in [4.69, 9.17) is 0 Å². The lowest BCUT2D eigenvalue weighted by Crippen LogP contribution is -2.45. The number of nitrogens with one attached hydrogen (secondary N) is 3. The molecule has 180 valence electrons. The number of carbonyl (C=O) groups is 1. The van der Waals surface area contributed by atoms with Crippen LogP contribution >= 0.6 is 0 Å². The fraction of sp³-hybridized carbons (Fsp3) is 0.304. The lowest BCUT2D eigenvalue weighted by Gasteiger charge is -2.18. The molecule has 4 aromatic rings. The number of nitrogens with zero attached hydrogens (tertiary/aromatic N) is 6. The Morgan fingerprint density at radius 1 is 1.17 bits per heavy atom. The maximum absolute atomic E-state index is 12.2. The fourth-order valence-electron chi connectivity index (χ4n) is 4.13. The SMILES string of the molecule is CNC(=O)[C@H]1N[C@@H](n2cnc3c(NCc4cc(C)ccn4)nc(-c4cccnc4)nc32)[C@H](O)[C@@H]1O. The first-order chi connectivity index (χ1) is 17.0. The molecular formula is C23H25N9O3. The van der Waals surface area contributed by atoms with Gasteiger partial charge in [0.05, 0.1) is 18.6 Å². The zero-order valence-corrected chi connectivity index (χ0v) is 19.1. The molecule has 0 unspecified atom stereocenters. The largest absolute Gasteiger partial charge is 0.388 e. The Labute approximate surface area is 200 Å². The summed E-state index contributed by atoms with van der Waals surface area (Å²) in [7, 11) is 1.47. The van der Waals surface area contributed by atoms with Crippen molar-refractivity contribution in [2.75, 3.05) is 12.4 Å². The topological polar surface area (TPSA) is 163 Å². The van der Waals surface area contributed by atoms with Gasteiger partial charge in [-0.25, -0.2) is 15.0 Å². The van der Waals surface area contributed by atoms with Gasteiger partial charge in [0.25, 0.3) is 0 Å². The Morgan fingerprint density at radius 2 is 2.03 bits per heavy atom. The van der Waals surface area contributed by atoms with Crippen molar-refractivity contribution >= 4 is 22.9 Å². The minimum Gasteiger partial charge on any atom is -0.388 e. The van der Waals surface area contributed by atoms with Gasteiger partial charge < -0.3 is 20.8 Å². The molecule has 0 saturated carbocycles. The summed E-state index contributed by atoms with van der Waals surface area (Å²) in [6.07, 6.45) is 3.17. The first-order valence-electron chi connectivity index (χ1n) is 11.1. The van der Waals surface area contributed by atoms with Crippen LogP contribution in [-0.4, -0.2) is 70.9 Å². The average Bonchev–Trinajstić information content (AvgIpc) is 3.43. The van der Waals surface area contributed by atoms with Crippen molar-refractivity contribution in [2.45, 2.75) is 37.9 Å². The zero-order valence-electron chi connectivity index (χ0n) is 19.1. The molecule has 0 bridgehead atoms. The normalized spacial score (nSPS) is 21.8. The lowest BCUT2D eigenvalue weighted by atomic mass is 10.1. The van der Waals surface area contributed by atoms with Crippen molar-refractivity contribution in [3.05, 3.63) is 60.4 Å². The molecule has 1 amide bonds. The number of aliphatic hydroxyl groups excluding tert-OH is 2. The molecule has 0 aromatic carbocycles. The molecule has 0 aliphatic carbocycles. The second kappa shape index (κ2) is 9.33. The van der Waals surface area contributed by atoms with Crippen LogP contribution in [0, 0.1) is 6.92 Å². The Balaban J connectivity index is 1.57. The molecule has 1 fully saturated rings. The van der Waals surface area contributed by atoms with Crippen LogP contribution in [0.2, 0.25) is 0 Å². The Morgan fingerprint density at radius 3 is 2.77 bits per heavy atom. The number of fused-ring (bicyclic) bond motifs is 1. The lowest BCUT2D eigenvalue weighted by molar-refractivity contribution is -0.125. The molecule has 5 N–H and O–H groups in total. The van der Waals surface area contributed by atoms with Crippen molar-refractivity contribution in [1.29, 1.82) is 0 Å². The number of aromatic nitrogens is 6. The monoisotopic (exact) mass is 475 g/mol. The molecule has 1 aliphatic rings. The quantitative estimate of drug-likeness (QED) is 0.259. The fourth-order valence-corrected chi connectivity index (χ4v) is 4.13. The first-order valence-corrected chi connectivity index (χ1v) is 11.1. The minimum atomic E-state index is -1.30. The van der Waals surface area contributed by atoms with Crippen molar-refractivity contribution in [3.8, 4) is 11.4 Å². The van der Waals surface area contributed by atoms with E-state index in [1.165, 1.54) is 13.4 Å². The van der Waals surface area contributed by atoms with Crippen molar-refractivity contribution in [2.24, 2.45) is 0 Å². The van der Waals surface area contributed by atoms with Gasteiger partial charge in [-0.05, 0) is 36.8 Å². The van der Waals surface area contributed by atoms with Crippen LogP contribution in [0.15, 0.2) is 49.2 Å². The van der Waals surface area contributed by atoms with Crippen LogP contribution in [0.25, 0.3) is 22.6 Å². The van der Waals surface area contributed by atoms with Gasteiger partial charge in [0, 0.05) is 31.2 Å². The van der Waals surface area contributed by atoms with Gasteiger partial charge in [-0.3, -0.25) is 24.6 Å². The number of aliphatic hydroxyl groups is 2. The van der Waals surface area contributed by atoms with E-state index in [0.717, 1.165) is 11.3 Å². The third-order valence-electron chi connectivity index (χ3n) is 5.94. The van der Waals surface area contributed by atoms with Crippen LogP contribution in [0.4, 0.5) is 5.82 Å². The molecule has 1 saturated heterocycles. The van der Waals surface area contributed by atoms with E-state index in [9.17, 15) is 15.0 Å². The number of imidazole rings is 1.